The molecule has 3 aromatic rings. The predicted molar refractivity (Wildman–Crippen MR) is 98.8 cm³/mol. The van der Waals surface area contributed by atoms with E-state index in [1.807, 2.05) is 0 Å². The molecule has 28 heavy (non-hydrogen) atoms. The van der Waals surface area contributed by atoms with Crippen molar-refractivity contribution in [3.05, 3.63) is 57.9 Å². The van der Waals surface area contributed by atoms with Gasteiger partial charge in [0.15, 0.2) is 23.5 Å². The molecule has 0 fully saturated rings. The monoisotopic (exact) mass is 426 g/mol. The Morgan fingerprint density at radius 1 is 1.25 bits per heavy atom. The smallest absolute Gasteiger partial charge is 0.344 e. The van der Waals surface area contributed by atoms with Crippen molar-refractivity contribution >= 4 is 29.1 Å². The summed E-state index contributed by atoms with van der Waals surface area (Å²) in [5, 5.41) is 13.4. The van der Waals surface area contributed by atoms with Crippen LogP contribution in [0, 0.1) is 11.6 Å². The number of hydrogen-bond donors (Lipinski definition) is 1. The van der Waals surface area contributed by atoms with Crippen LogP contribution in [0.15, 0.2) is 36.4 Å². The van der Waals surface area contributed by atoms with E-state index in [1.165, 1.54) is 6.92 Å². The van der Waals surface area contributed by atoms with Crippen molar-refractivity contribution in [1.29, 1.82) is 0 Å². The van der Waals surface area contributed by atoms with Crippen molar-refractivity contribution < 1.29 is 28.2 Å². The molecule has 1 heterocycles. The molecule has 0 saturated carbocycles. The van der Waals surface area contributed by atoms with Gasteiger partial charge in [0.25, 0.3) is 0 Å². The Labute approximate surface area is 167 Å². The van der Waals surface area contributed by atoms with Crippen LogP contribution in [0.5, 0.6) is 11.5 Å². The quantitative estimate of drug-likeness (QED) is 0.596. The Bertz CT molecular complexity index is 975. The lowest BCUT2D eigenvalue weighted by atomic mass is 10.1. The van der Waals surface area contributed by atoms with Gasteiger partial charge in [0.2, 0.25) is 0 Å². The van der Waals surface area contributed by atoms with Gasteiger partial charge in [-0.3, -0.25) is 0 Å². The zero-order chi connectivity index (χ0) is 20.3. The lowest BCUT2D eigenvalue weighted by Gasteiger charge is -2.13. The van der Waals surface area contributed by atoms with Crippen LogP contribution in [-0.2, 0) is 11.4 Å². The molecule has 1 N–H and O–H groups in total. The summed E-state index contributed by atoms with van der Waals surface area (Å²) in [6, 6.07) is 8.61. The number of nitrogens with zero attached hydrogens (tertiary/aromatic N) is 2. The van der Waals surface area contributed by atoms with E-state index in [4.69, 9.17) is 26.2 Å². The highest BCUT2D eigenvalue weighted by molar-refractivity contribution is 7.05. The largest absolute Gasteiger partial charge is 0.482 e. The number of carbonyl (C=O) groups is 1. The summed E-state index contributed by atoms with van der Waals surface area (Å²) in [6.45, 7) is 1.09. The molecule has 0 spiro atoms. The second kappa shape index (κ2) is 8.49. The molecule has 0 aliphatic heterocycles. The highest BCUT2D eigenvalue weighted by atomic mass is 35.5. The first kappa shape index (κ1) is 20.0. The van der Waals surface area contributed by atoms with E-state index in [1.54, 1.807) is 24.3 Å². The summed E-state index contributed by atoms with van der Waals surface area (Å²) in [5.41, 5.74) is 1.27. The summed E-state index contributed by atoms with van der Waals surface area (Å²) >= 11 is 6.91. The lowest BCUT2D eigenvalue weighted by molar-refractivity contribution is -0.144. The minimum atomic E-state index is -1.26. The fourth-order valence-corrected chi connectivity index (χ4v) is 2.97. The minimum absolute atomic E-state index is 0.158. The Hall–Kier alpha value is -2.78. The standard InChI is InChI=1S/C18H13ClF2N2O4S/c1-9(18(24)25)27-12-6-13(20)17(14(21)7-12)26-8-15-16(22-23-28-15)10-2-4-11(19)5-3-10/h2-7,9H,8H2,1H3,(H,24,25)/t9-/m1/s1. The van der Waals surface area contributed by atoms with Crippen LogP contribution in [0.2, 0.25) is 5.02 Å². The van der Waals surface area contributed by atoms with E-state index in [0.717, 1.165) is 29.2 Å². The fraction of sp³-hybridized carbons (Fsp3) is 0.167. The van der Waals surface area contributed by atoms with Crippen LogP contribution < -0.4 is 9.47 Å². The lowest BCUT2D eigenvalue weighted by Crippen LogP contribution is -2.23. The van der Waals surface area contributed by atoms with Gasteiger partial charge in [-0.2, -0.15) is 0 Å². The summed E-state index contributed by atoms with van der Waals surface area (Å²) in [6.07, 6.45) is -1.25. The molecule has 0 radical (unpaired) electrons. The predicted octanol–water partition coefficient (Wildman–Crippen LogP) is 4.57. The van der Waals surface area contributed by atoms with Crippen LogP contribution in [0.1, 0.15) is 11.8 Å². The van der Waals surface area contributed by atoms with E-state index in [-0.39, 0.29) is 12.4 Å². The zero-order valence-electron chi connectivity index (χ0n) is 14.4. The maximum atomic E-state index is 14.2. The third-order valence-corrected chi connectivity index (χ3v) is 4.60. The van der Waals surface area contributed by atoms with E-state index in [2.05, 4.69) is 9.59 Å². The van der Waals surface area contributed by atoms with Gasteiger partial charge >= 0.3 is 5.97 Å². The molecule has 0 aliphatic carbocycles. The van der Waals surface area contributed by atoms with Gasteiger partial charge in [-0.15, -0.1) is 5.10 Å². The molecule has 1 aromatic heterocycles. The average molecular weight is 427 g/mol. The molecule has 0 saturated heterocycles. The van der Waals surface area contributed by atoms with E-state index in [0.29, 0.717) is 15.6 Å². The third-order valence-electron chi connectivity index (χ3n) is 3.65. The molecule has 1 atom stereocenters. The van der Waals surface area contributed by atoms with Crippen LogP contribution in [0.4, 0.5) is 8.78 Å². The van der Waals surface area contributed by atoms with Crippen molar-refractivity contribution in [2.45, 2.75) is 19.6 Å². The first-order valence-corrected chi connectivity index (χ1v) is 9.08. The molecular formula is C18H13ClF2N2O4S. The Balaban J connectivity index is 1.76. The average Bonchev–Trinajstić information content (AvgIpc) is 3.10. The highest BCUT2D eigenvalue weighted by Crippen LogP contribution is 2.30. The van der Waals surface area contributed by atoms with Gasteiger partial charge in [-0.1, -0.05) is 28.2 Å². The molecule has 6 nitrogen and oxygen atoms in total. The van der Waals surface area contributed by atoms with Crippen molar-refractivity contribution in [2.24, 2.45) is 0 Å². The second-order valence-corrected chi connectivity index (χ2v) is 6.93. The Kier molecular flexibility index (Phi) is 6.05. The molecular weight excluding hydrogens is 414 g/mol. The summed E-state index contributed by atoms with van der Waals surface area (Å²) in [7, 11) is 0. The number of carboxylic acid groups (broad SMARTS) is 1. The van der Waals surface area contributed by atoms with Crippen LogP contribution in [-0.4, -0.2) is 26.8 Å². The fourth-order valence-electron chi connectivity index (χ4n) is 2.27. The van der Waals surface area contributed by atoms with Crippen LogP contribution in [0.25, 0.3) is 11.3 Å². The maximum absolute atomic E-state index is 14.2. The number of carboxylic acids is 1. The summed E-state index contributed by atoms with van der Waals surface area (Å²) in [5.74, 6) is -4.14. The zero-order valence-corrected chi connectivity index (χ0v) is 15.9. The molecule has 0 aliphatic rings. The Morgan fingerprint density at radius 2 is 1.89 bits per heavy atom. The van der Waals surface area contributed by atoms with Crippen molar-refractivity contribution in [2.75, 3.05) is 0 Å². The number of halogens is 3. The molecule has 0 amide bonds. The molecule has 0 bridgehead atoms. The summed E-state index contributed by atoms with van der Waals surface area (Å²) < 4.78 is 42.6. The van der Waals surface area contributed by atoms with Gasteiger partial charge in [0.05, 0.1) is 4.88 Å². The minimum Gasteiger partial charge on any atom is -0.482 e. The van der Waals surface area contributed by atoms with Gasteiger partial charge in [-0.05, 0) is 30.6 Å². The van der Waals surface area contributed by atoms with Crippen molar-refractivity contribution in [3.8, 4) is 22.8 Å². The molecule has 3 rings (SSSR count). The molecule has 10 heteroatoms. The van der Waals surface area contributed by atoms with E-state index in [9.17, 15) is 13.6 Å². The van der Waals surface area contributed by atoms with Gasteiger partial charge in [0, 0.05) is 22.7 Å². The second-order valence-electron chi connectivity index (χ2n) is 5.65. The molecule has 0 unspecified atom stereocenters. The number of benzene rings is 2. The van der Waals surface area contributed by atoms with Gasteiger partial charge < -0.3 is 14.6 Å². The normalized spacial score (nSPS) is 11.9. The Morgan fingerprint density at radius 3 is 2.50 bits per heavy atom. The van der Waals surface area contributed by atoms with Crippen molar-refractivity contribution in [1.82, 2.24) is 9.59 Å². The van der Waals surface area contributed by atoms with Gasteiger partial charge in [0.1, 0.15) is 18.1 Å². The highest BCUT2D eigenvalue weighted by Gasteiger charge is 2.19. The number of aromatic nitrogens is 2. The van der Waals surface area contributed by atoms with Crippen LogP contribution in [0.3, 0.4) is 0 Å². The van der Waals surface area contributed by atoms with Crippen LogP contribution >= 0.6 is 23.1 Å². The van der Waals surface area contributed by atoms with E-state index >= 15 is 0 Å². The first-order chi connectivity index (χ1) is 13.3. The van der Waals surface area contributed by atoms with Crippen molar-refractivity contribution in [3.63, 3.8) is 0 Å². The topological polar surface area (TPSA) is 81.5 Å². The molecule has 146 valence electrons. The maximum Gasteiger partial charge on any atom is 0.344 e. The molecule has 2 aromatic carbocycles. The SMILES string of the molecule is C[C@@H](Oc1cc(F)c(OCc2snnc2-c2ccc(Cl)cc2)c(F)c1)C(=O)O. The third kappa shape index (κ3) is 4.55. The number of aliphatic carboxylic acids is 1. The first-order valence-electron chi connectivity index (χ1n) is 7.93. The van der Waals surface area contributed by atoms with E-state index < -0.39 is 29.5 Å². The number of hydrogen-bond acceptors (Lipinski definition) is 6. The van der Waals surface area contributed by atoms with Gasteiger partial charge in [-0.25, -0.2) is 13.6 Å². The number of ether oxygens (including phenoxy) is 2. The summed E-state index contributed by atoms with van der Waals surface area (Å²) in [4.78, 5) is 11.4. The number of rotatable bonds is 7.